The van der Waals surface area contributed by atoms with E-state index < -0.39 is 23.3 Å². The number of amides is 2. The van der Waals surface area contributed by atoms with E-state index in [9.17, 15) is 27.9 Å². The van der Waals surface area contributed by atoms with Crippen molar-refractivity contribution >= 4 is 28.6 Å². The summed E-state index contributed by atoms with van der Waals surface area (Å²) in [6.07, 6.45) is -0.0670. The number of alkyl halides is 3. The lowest BCUT2D eigenvalue weighted by atomic mass is 9.89. The van der Waals surface area contributed by atoms with Crippen molar-refractivity contribution in [1.29, 1.82) is 0 Å². The highest BCUT2D eigenvalue weighted by molar-refractivity contribution is 5.98. The van der Waals surface area contributed by atoms with Crippen LogP contribution in [-0.2, 0) is 19.9 Å². The number of carbonyl (C=O) groups excluding carboxylic acids is 2. The molecule has 4 rings (SSSR count). The summed E-state index contributed by atoms with van der Waals surface area (Å²) in [5, 5.41) is 17.8. The summed E-state index contributed by atoms with van der Waals surface area (Å²) in [7, 11) is 1.66. The van der Waals surface area contributed by atoms with E-state index in [0.29, 0.717) is 36.6 Å². The van der Waals surface area contributed by atoms with Crippen molar-refractivity contribution in [3.8, 4) is 0 Å². The Balaban J connectivity index is 1.45. The molecule has 2 aliphatic rings. The zero-order valence-corrected chi connectivity index (χ0v) is 25.1. The minimum absolute atomic E-state index is 0.0516. The molecule has 2 heterocycles. The topological polar surface area (TPSA) is 109 Å². The van der Waals surface area contributed by atoms with Crippen molar-refractivity contribution < 1.29 is 37.3 Å². The highest BCUT2D eigenvalue weighted by Gasteiger charge is 2.40. The fourth-order valence-corrected chi connectivity index (χ4v) is 5.92. The number of ether oxygens (including phenoxy) is 2. The number of piperazine rings is 1. The molecule has 1 aromatic carbocycles. The van der Waals surface area contributed by atoms with Crippen LogP contribution in [0.5, 0.6) is 0 Å². The number of rotatable bonds is 6. The van der Waals surface area contributed by atoms with Gasteiger partial charge in [-0.15, -0.1) is 0 Å². The normalized spacial score (nSPS) is 22.8. The molecule has 0 unspecified atom stereocenters. The molecule has 42 heavy (non-hydrogen) atoms. The molecule has 234 valence electrons. The zero-order valence-electron chi connectivity index (χ0n) is 25.1. The quantitative estimate of drug-likeness (QED) is 0.492. The van der Waals surface area contributed by atoms with Crippen LogP contribution in [0.4, 0.5) is 23.7 Å². The first-order chi connectivity index (χ1) is 19.5. The number of aliphatic hydroxyl groups is 1. The van der Waals surface area contributed by atoms with Crippen LogP contribution in [0.25, 0.3) is 10.9 Å². The molecule has 0 bridgehead atoms. The van der Waals surface area contributed by atoms with Gasteiger partial charge in [-0.25, -0.2) is 4.79 Å². The van der Waals surface area contributed by atoms with Gasteiger partial charge < -0.3 is 24.8 Å². The van der Waals surface area contributed by atoms with Crippen LogP contribution in [-0.4, -0.2) is 93.9 Å². The standard InChI is InChI=1S/C29H42F3N5O5/c1-27(2,3)42-26(39)35-11-12-36(21(16-35)17-41-6)19-7-9-20(10-8-19)37-15-18-13-24(33-25(38)29(30,31)32)22(28(4,5)40)14-23(18)34-37/h13-15,19-21,40H,7-12,16-17H2,1-6H3,(H,33,38)/t19?,20?,21-/m1/s1. The fraction of sp³-hybridized carbons (Fsp3) is 0.690. The number of nitrogens with zero attached hydrogens (tertiary/aromatic N) is 4. The lowest BCUT2D eigenvalue weighted by Crippen LogP contribution is -2.60. The average Bonchev–Trinajstić information content (AvgIpc) is 3.29. The maximum Gasteiger partial charge on any atom is 0.471 e. The smallest absolute Gasteiger partial charge is 0.444 e. The van der Waals surface area contributed by atoms with Gasteiger partial charge in [-0.1, -0.05) is 0 Å². The summed E-state index contributed by atoms with van der Waals surface area (Å²) in [6, 6.07) is 3.43. The number of benzene rings is 1. The maximum absolute atomic E-state index is 12.9. The lowest BCUT2D eigenvalue weighted by molar-refractivity contribution is -0.167. The summed E-state index contributed by atoms with van der Waals surface area (Å²) in [5.74, 6) is -2.10. The summed E-state index contributed by atoms with van der Waals surface area (Å²) >= 11 is 0. The average molecular weight is 598 g/mol. The number of hydrogen-bond acceptors (Lipinski definition) is 7. The summed E-state index contributed by atoms with van der Waals surface area (Å²) in [4.78, 5) is 28.5. The zero-order chi connectivity index (χ0) is 31.0. The fourth-order valence-electron chi connectivity index (χ4n) is 5.92. The van der Waals surface area contributed by atoms with E-state index in [1.54, 1.807) is 18.2 Å². The molecule has 13 heteroatoms. The van der Waals surface area contributed by atoms with Gasteiger partial charge in [0.1, 0.15) is 5.60 Å². The third-order valence-corrected chi connectivity index (χ3v) is 7.87. The molecule has 0 radical (unpaired) electrons. The number of aromatic nitrogens is 2. The van der Waals surface area contributed by atoms with E-state index in [1.807, 2.05) is 30.8 Å². The maximum atomic E-state index is 12.9. The van der Waals surface area contributed by atoms with Crippen LogP contribution in [0.15, 0.2) is 18.3 Å². The molecular formula is C29H42F3N5O5. The summed E-state index contributed by atoms with van der Waals surface area (Å²) in [6.45, 7) is 10.8. The van der Waals surface area contributed by atoms with Crippen molar-refractivity contribution in [1.82, 2.24) is 19.6 Å². The minimum atomic E-state index is -5.06. The summed E-state index contributed by atoms with van der Waals surface area (Å²) in [5.41, 5.74) is -1.49. The summed E-state index contributed by atoms with van der Waals surface area (Å²) < 4.78 is 51.8. The number of nitrogens with one attached hydrogen (secondary N) is 1. The molecule has 0 spiro atoms. The van der Waals surface area contributed by atoms with E-state index in [0.717, 1.165) is 32.2 Å². The number of carbonyl (C=O) groups is 2. The molecular weight excluding hydrogens is 555 g/mol. The number of fused-ring (bicyclic) bond motifs is 1. The van der Waals surface area contributed by atoms with Gasteiger partial charge in [0, 0.05) is 55.6 Å². The number of hydrogen-bond donors (Lipinski definition) is 2. The predicted molar refractivity (Wildman–Crippen MR) is 151 cm³/mol. The molecule has 2 aromatic rings. The van der Waals surface area contributed by atoms with Crippen molar-refractivity contribution in [3.05, 3.63) is 23.9 Å². The van der Waals surface area contributed by atoms with Crippen molar-refractivity contribution in [2.24, 2.45) is 0 Å². The van der Waals surface area contributed by atoms with E-state index >= 15 is 0 Å². The molecule has 1 aliphatic heterocycles. The van der Waals surface area contributed by atoms with Crippen LogP contribution in [0.3, 0.4) is 0 Å². The van der Waals surface area contributed by atoms with Crippen molar-refractivity contribution in [2.45, 2.75) is 95.8 Å². The second-order valence-electron chi connectivity index (χ2n) is 12.8. The Bertz CT molecular complexity index is 1280. The Kier molecular flexibility index (Phi) is 9.15. The number of halogens is 3. The lowest BCUT2D eigenvalue weighted by Gasteiger charge is -2.46. The van der Waals surface area contributed by atoms with Crippen LogP contribution >= 0.6 is 0 Å². The molecule has 2 amide bonds. The molecule has 2 N–H and O–H groups in total. The van der Waals surface area contributed by atoms with E-state index in [-0.39, 0.29) is 29.4 Å². The molecule has 10 nitrogen and oxygen atoms in total. The highest BCUT2D eigenvalue weighted by Crippen LogP contribution is 2.36. The third-order valence-electron chi connectivity index (χ3n) is 7.87. The van der Waals surface area contributed by atoms with Gasteiger partial charge in [0.15, 0.2) is 0 Å². The molecule has 1 saturated heterocycles. The Morgan fingerprint density at radius 1 is 1.05 bits per heavy atom. The Morgan fingerprint density at radius 2 is 1.69 bits per heavy atom. The van der Waals surface area contributed by atoms with Gasteiger partial charge >= 0.3 is 18.2 Å². The molecule has 1 aliphatic carbocycles. The van der Waals surface area contributed by atoms with E-state index in [4.69, 9.17) is 14.6 Å². The second kappa shape index (κ2) is 12.0. The van der Waals surface area contributed by atoms with Gasteiger partial charge in [0.2, 0.25) is 0 Å². The molecule has 1 atom stereocenters. The number of methoxy groups -OCH3 is 1. The first kappa shape index (κ1) is 32.0. The minimum Gasteiger partial charge on any atom is -0.444 e. The van der Waals surface area contributed by atoms with Crippen molar-refractivity contribution in [3.63, 3.8) is 0 Å². The first-order valence-corrected chi connectivity index (χ1v) is 14.3. The monoisotopic (exact) mass is 597 g/mol. The SMILES string of the molecule is COC[C@H]1CN(C(=O)OC(C)(C)C)CCN1C1CCC(n2cc3cc(NC(=O)C(F)(F)F)c(C(C)(C)O)cc3n2)CC1. The second-order valence-corrected chi connectivity index (χ2v) is 12.8. The van der Waals surface area contributed by atoms with Gasteiger partial charge in [0.25, 0.3) is 0 Å². The van der Waals surface area contributed by atoms with Crippen molar-refractivity contribution in [2.75, 3.05) is 38.7 Å². The van der Waals surface area contributed by atoms with Crippen LogP contribution in [0, 0.1) is 0 Å². The molecule has 1 saturated carbocycles. The van der Waals surface area contributed by atoms with Crippen LogP contribution in [0.1, 0.15) is 71.9 Å². The Morgan fingerprint density at radius 3 is 2.26 bits per heavy atom. The first-order valence-electron chi connectivity index (χ1n) is 14.3. The highest BCUT2D eigenvalue weighted by atomic mass is 19.4. The van der Waals surface area contributed by atoms with E-state index in [1.165, 1.54) is 26.0 Å². The van der Waals surface area contributed by atoms with Gasteiger partial charge in [-0.05, 0) is 72.4 Å². The van der Waals surface area contributed by atoms with Gasteiger partial charge in [-0.2, -0.15) is 18.3 Å². The molecule has 2 fully saturated rings. The van der Waals surface area contributed by atoms with Gasteiger partial charge in [0.05, 0.1) is 29.8 Å². The Hall–Kier alpha value is -2.90. The predicted octanol–water partition coefficient (Wildman–Crippen LogP) is 4.82. The largest absolute Gasteiger partial charge is 0.471 e. The van der Waals surface area contributed by atoms with Crippen LogP contribution in [0.2, 0.25) is 0 Å². The molecule has 1 aromatic heterocycles. The van der Waals surface area contributed by atoms with E-state index in [2.05, 4.69) is 4.90 Å². The third kappa shape index (κ3) is 7.54. The number of anilines is 1. The Labute approximate surface area is 244 Å². The van der Waals surface area contributed by atoms with Gasteiger partial charge in [-0.3, -0.25) is 14.4 Å². The van der Waals surface area contributed by atoms with Crippen LogP contribution < -0.4 is 5.32 Å².